The Bertz CT molecular complexity index is 622. The highest BCUT2D eigenvalue weighted by atomic mass is 16.3. The second-order valence-electron chi connectivity index (χ2n) is 4.39. The third-order valence-electron chi connectivity index (χ3n) is 3.07. The van der Waals surface area contributed by atoms with Gasteiger partial charge in [-0.05, 0) is 25.0 Å². The van der Waals surface area contributed by atoms with Crippen molar-refractivity contribution in [2.24, 2.45) is 0 Å². The Balaban J connectivity index is 2.11. The first kappa shape index (κ1) is 10.9. The van der Waals surface area contributed by atoms with Gasteiger partial charge < -0.3 is 9.67 Å². The highest BCUT2D eigenvalue weighted by Gasteiger charge is 2.29. The topological polar surface area (TPSA) is 74.7 Å². The Kier molecular flexibility index (Phi) is 2.58. The number of rotatable bonds is 3. The Hall–Kier alpha value is -2.19. The van der Waals surface area contributed by atoms with E-state index in [1.807, 2.05) is 16.7 Å². The molecule has 1 N–H and O–H groups in total. The molecule has 1 aromatic heterocycles. The minimum Gasteiger partial charge on any atom is -0.388 e. The first-order chi connectivity index (χ1) is 8.83. The Labute approximate surface area is 104 Å². The lowest BCUT2D eigenvalue weighted by atomic mass is 10.1. The average molecular weight is 240 g/mol. The maximum atomic E-state index is 9.28. The maximum absolute atomic E-state index is 9.28. The average Bonchev–Trinajstić information content (AvgIpc) is 3.17. The van der Waals surface area contributed by atoms with Gasteiger partial charge in [-0.1, -0.05) is 12.1 Å². The minimum atomic E-state index is -0.110. The molecule has 1 aliphatic rings. The van der Waals surface area contributed by atoms with Crippen LogP contribution in [0.3, 0.4) is 0 Å². The van der Waals surface area contributed by atoms with Crippen molar-refractivity contribution in [1.82, 2.24) is 14.8 Å². The summed E-state index contributed by atoms with van der Waals surface area (Å²) in [6.07, 6.45) is 2.19. The molecule has 0 amide bonds. The van der Waals surface area contributed by atoms with E-state index >= 15 is 0 Å². The summed E-state index contributed by atoms with van der Waals surface area (Å²) in [5, 5.41) is 26.3. The third kappa shape index (κ3) is 1.77. The molecule has 0 spiro atoms. The van der Waals surface area contributed by atoms with Crippen LogP contribution in [0.25, 0.3) is 11.4 Å². The van der Waals surface area contributed by atoms with Crippen LogP contribution in [-0.2, 0) is 6.61 Å². The van der Waals surface area contributed by atoms with Crippen molar-refractivity contribution in [3.8, 4) is 17.5 Å². The van der Waals surface area contributed by atoms with Gasteiger partial charge in [0, 0.05) is 11.6 Å². The highest BCUT2D eigenvalue weighted by molar-refractivity contribution is 5.58. The summed E-state index contributed by atoms with van der Waals surface area (Å²) in [4.78, 5) is 0. The molecule has 90 valence electrons. The zero-order chi connectivity index (χ0) is 12.5. The van der Waals surface area contributed by atoms with Crippen LogP contribution in [0.15, 0.2) is 24.3 Å². The van der Waals surface area contributed by atoms with Crippen LogP contribution >= 0.6 is 0 Å². The predicted molar refractivity (Wildman–Crippen MR) is 64.4 cm³/mol. The number of nitrogens with zero attached hydrogens (tertiary/aromatic N) is 4. The molecule has 0 bridgehead atoms. The summed E-state index contributed by atoms with van der Waals surface area (Å²) in [5.74, 6) is 1.33. The second kappa shape index (κ2) is 4.24. The summed E-state index contributed by atoms with van der Waals surface area (Å²) in [6, 6.07) is 9.80. The first-order valence-electron chi connectivity index (χ1n) is 5.88. The molecule has 3 rings (SSSR count). The minimum absolute atomic E-state index is 0.110. The number of aliphatic hydroxyl groups is 1. The molecule has 0 saturated heterocycles. The summed E-state index contributed by atoms with van der Waals surface area (Å²) < 4.78 is 1.98. The number of hydrogen-bond acceptors (Lipinski definition) is 4. The molecule has 18 heavy (non-hydrogen) atoms. The second-order valence-corrected chi connectivity index (χ2v) is 4.39. The van der Waals surface area contributed by atoms with Crippen LogP contribution in [0.5, 0.6) is 0 Å². The number of aromatic nitrogens is 3. The number of benzene rings is 1. The third-order valence-corrected chi connectivity index (χ3v) is 3.07. The first-order valence-corrected chi connectivity index (χ1v) is 5.88. The quantitative estimate of drug-likeness (QED) is 0.885. The lowest BCUT2D eigenvalue weighted by Crippen LogP contribution is -2.03. The zero-order valence-electron chi connectivity index (χ0n) is 9.74. The molecule has 5 heteroatoms. The van der Waals surface area contributed by atoms with Crippen molar-refractivity contribution in [2.75, 3.05) is 0 Å². The zero-order valence-corrected chi connectivity index (χ0v) is 9.74. The Morgan fingerprint density at radius 1 is 1.39 bits per heavy atom. The predicted octanol–water partition coefficient (Wildman–Crippen LogP) is 1.64. The van der Waals surface area contributed by atoms with E-state index in [9.17, 15) is 5.11 Å². The van der Waals surface area contributed by atoms with E-state index in [-0.39, 0.29) is 6.61 Å². The van der Waals surface area contributed by atoms with E-state index in [0.29, 0.717) is 17.4 Å². The molecule has 0 unspecified atom stereocenters. The van der Waals surface area contributed by atoms with E-state index in [0.717, 1.165) is 24.2 Å². The SMILES string of the molecule is N#Cc1cccc(-c2nnc(CO)n2C2CC2)c1. The number of hydrogen-bond donors (Lipinski definition) is 1. The number of nitriles is 1. The van der Waals surface area contributed by atoms with E-state index < -0.39 is 0 Å². The smallest absolute Gasteiger partial charge is 0.164 e. The molecule has 0 radical (unpaired) electrons. The van der Waals surface area contributed by atoms with Gasteiger partial charge in [0.25, 0.3) is 0 Å². The molecule has 2 aromatic rings. The molecule has 0 atom stereocenters. The molecule has 1 aromatic carbocycles. The molecular weight excluding hydrogens is 228 g/mol. The van der Waals surface area contributed by atoms with Crippen LogP contribution < -0.4 is 0 Å². The molecule has 1 saturated carbocycles. The van der Waals surface area contributed by atoms with Crippen molar-refractivity contribution >= 4 is 0 Å². The van der Waals surface area contributed by atoms with Gasteiger partial charge in [0.1, 0.15) is 6.61 Å². The van der Waals surface area contributed by atoms with Crippen molar-refractivity contribution in [2.45, 2.75) is 25.5 Å². The Morgan fingerprint density at radius 3 is 2.89 bits per heavy atom. The molecular formula is C13H12N4O. The van der Waals surface area contributed by atoms with Gasteiger partial charge in [0.15, 0.2) is 11.6 Å². The molecule has 5 nitrogen and oxygen atoms in total. The van der Waals surface area contributed by atoms with Crippen molar-refractivity contribution in [3.63, 3.8) is 0 Å². The molecule has 1 heterocycles. The fraction of sp³-hybridized carbons (Fsp3) is 0.308. The van der Waals surface area contributed by atoms with Gasteiger partial charge in [-0.15, -0.1) is 10.2 Å². The lowest BCUT2D eigenvalue weighted by Gasteiger charge is -2.07. The van der Waals surface area contributed by atoms with Crippen LogP contribution in [0.4, 0.5) is 0 Å². The van der Waals surface area contributed by atoms with E-state index in [1.165, 1.54) is 0 Å². The fourth-order valence-electron chi connectivity index (χ4n) is 2.07. The van der Waals surface area contributed by atoms with Crippen molar-refractivity contribution < 1.29 is 5.11 Å². The molecule has 1 aliphatic carbocycles. The monoisotopic (exact) mass is 240 g/mol. The van der Waals surface area contributed by atoms with Gasteiger partial charge in [-0.2, -0.15) is 5.26 Å². The van der Waals surface area contributed by atoms with Crippen LogP contribution in [0.2, 0.25) is 0 Å². The summed E-state index contributed by atoms with van der Waals surface area (Å²) in [7, 11) is 0. The fourth-order valence-corrected chi connectivity index (χ4v) is 2.07. The number of aliphatic hydroxyl groups excluding tert-OH is 1. The maximum Gasteiger partial charge on any atom is 0.164 e. The van der Waals surface area contributed by atoms with E-state index in [1.54, 1.807) is 12.1 Å². The van der Waals surface area contributed by atoms with Crippen molar-refractivity contribution in [1.29, 1.82) is 5.26 Å². The summed E-state index contributed by atoms with van der Waals surface area (Å²) >= 11 is 0. The Morgan fingerprint density at radius 2 is 2.22 bits per heavy atom. The van der Waals surface area contributed by atoms with E-state index in [2.05, 4.69) is 16.3 Å². The lowest BCUT2D eigenvalue weighted by molar-refractivity contribution is 0.265. The highest BCUT2D eigenvalue weighted by Crippen LogP contribution is 2.38. The summed E-state index contributed by atoms with van der Waals surface area (Å²) in [5.41, 5.74) is 1.47. The van der Waals surface area contributed by atoms with Crippen LogP contribution in [-0.4, -0.2) is 19.9 Å². The molecule has 0 aliphatic heterocycles. The van der Waals surface area contributed by atoms with Crippen LogP contribution in [0, 0.1) is 11.3 Å². The van der Waals surface area contributed by atoms with E-state index in [4.69, 9.17) is 5.26 Å². The largest absolute Gasteiger partial charge is 0.388 e. The summed E-state index contributed by atoms with van der Waals surface area (Å²) in [6.45, 7) is -0.110. The van der Waals surface area contributed by atoms with Gasteiger partial charge in [0.05, 0.1) is 11.6 Å². The van der Waals surface area contributed by atoms with Gasteiger partial charge in [0.2, 0.25) is 0 Å². The standard InChI is InChI=1S/C13H12N4O/c14-7-9-2-1-3-10(6-9)13-16-15-12(8-18)17(13)11-4-5-11/h1-3,6,11,18H,4-5,8H2. The molecule has 1 fully saturated rings. The van der Waals surface area contributed by atoms with Gasteiger partial charge in [-0.25, -0.2) is 0 Å². The van der Waals surface area contributed by atoms with Gasteiger partial charge in [-0.3, -0.25) is 0 Å². The van der Waals surface area contributed by atoms with Crippen molar-refractivity contribution in [3.05, 3.63) is 35.7 Å². The van der Waals surface area contributed by atoms with Crippen LogP contribution in [0.1, 0.15) is 30.3 Å². The van der Waals surface area contributed by atoms with Gasteiger partial charge >= 0.3 is 0 Å². The normalized spacial score (nSPS) is 14.4.